The van der Waals surface area contributed by atoms with Crippen LogP contribution < -0.4 is 10.6 Å². The number of amides is 1. The highest BCUT2D eigenvalue weighted by Crippen LogP contribution is 2.28. The number of rotatable bonds is 7. The van der Waals surface area contributed by atoms with Gasteiger partial charge >= 0.3 is 0 Å². The summed E-state index contributed by atoms with van der Waals surface area (Å²) in [5, 5.41) is 7.43. The van der Waals surface area contributed by atoms with Crippen LogP contribution in [-0.2, 0) is 6.54 Å². The molecule has 4 aromatic carbocycles. The number of piperazine rings is 1. The number of nitrogens with one attached hydrogen (secondary N) is 2. The molecule has 0 unspecified atom stereocenters. The van der Waals surface area contributed by atoms with Crippen molar-refractivity contribution in [3.63, 3.8) is 0 Å². The van der Waals surface area contributed by atoms with E-state index in [0.717, 1.165) is 71.8 Å². The van der Waals surface area contributed by atoms with Gasteiger partial charge in [-0.1, -0.05) is 60.7 Å². The van der Waals surface area contributed by atoms with Gasteiger partial charge in [0.05, 0.1) is 11.2 Å². The Bertz CT molecular complexity index is 1660. The molecule has 1 saturated heterocycles. The fourth-order valence-corrected chi connectivity index (χ4v) is 5.14. The van der Waals surface area contributed by atoms with E-state index in [-0.39, 0.29) is 5.91 Å². The van der Waals surface area contributed by atoms with Gasteiger partial charge in [0.1, 0.15) is 0 Å². The molecular formula is C34H34N6O. The average molecular weight is 543 g/mol. The molecule has 1 aromatic heterocycles. The lowest BCUT2D eigenvalue weighted by Gasteiger charge is -2.32. The van der Waals surface area contributed by atoms with Gasteiger partial charge in [-0.15, -0.1) is 0 Å². The van der Waals surface area contributed by atoms with Crippen LogP contribution in [0, 0.1) is 6.92 Å². The minimum Gasteiger partial charge on any atom is -0.324 e. The fraction of sp³-hybridized carbons (Fsp3) is 0.206. The van der Waals surface area contributed by atoms with Crippen molar-refractivity contribution in [1.82, 2.24) is 19.8 Å². The normalized spacial score (nSPS) is 14.2. The minimum atomic E-state index is -0.135. The first-order valence-corrected chi connectivity index (χ1v) is 14.0. The first-order chi connectivity index (χ1) is 20.0. The van der Waals surface area contributed by atoms with Gasteiger partial charge in [0.25, 0.3) is 5.91 Å². The van der Waals surface area contributed by atoms with Crippen molar-refractivity contribution in [3.8, 4) is 11.3 Å². The molecule has 0 spiro atoms. The number of hydrogen-bond acceptors (Lipinski definition) is 6. The molecule has 0 radical (unpaired) electrons. The highest BCUT2D eigenvalue weighted by Gasteiger charge is 2.15. The number of benzene rings is 4. The number of aromatic nitrogens is 2. The molecule has 1 amide bonds. The van der Waals surface area contributed by atoms with Crippen LogP contribution in [-0.4, -0.2) is 58.9 Å². The minimum absolute atomic E-state index is 0.135. The van der Waals surface area contributed by atoms with Crippen LogP contribution >= 0.6 is 0 Å². The summed E-state index contributed by atoms with van der Waals surface area (Å²) in [7, 11) is 2.17. The molecule has 5 aromatic rings. The Kier molecular flexibility index (Phi) is 7.71. The molecule has 0 saturated carbocycles. The smallest absolute Gasteiger partial charge is 0.255 e. The predicted octanol–water partition coefficient (Wildman–Crippen LogP) is 6.35. The summed E-state index contributed by atoms with van der Waals surface area (Å²) in [6.45, 7) is 7.20. The van der Waals surface area contributed by atoms with Gasteiger partial charge in [0.15, 0.2) is 0 Å². The fourth-order valence-electron chi connectivity index (χ4n) is 5.14. The number of anilines is 3. The van der Waals surface area contributed by atoms with Crippen LogP contribution in [0.15, 0.2) is 97.1 Å². The van der Waals surface area contributed by atoms with Crippen molar-refractivity contribution < 1.29 is 4.79 Å². The summed E-state index contributed by atoms with van der Waals surface area (Å²) in [4.78, 5) is 27.5. The van der Waals surface area contributed by atoms with Crippen LogP contribution in [0.2, 0.25) is 0 Å². The lowest BCUT2D eigenvalue weighted by Crippen LogP contribution is -2.43. The first kappa shape index (κ1) is 26.6. The molecular weight excluding hydrogens is 508 g/mol. The number of fused-ring (bicyclic) bond motifs is 1. The zero-order chi connectivity index (χ0) is 28.2. The Balaban J connectivity index is 1.16. The van der Waals surface area contributed by atoms with E-state index in [1.165, 1.54) is 5.56 Å². The summed E-state index contributed by atoms with van der Waals surface area (Å²) < 4.78 is 0. The molecule has 2 heterocycles. The molecule has 206 valence electrons. The van der Waals surface area contributed by atoms with E-state index in [9.17, 15) is 4.79 Å². The maximum absolute atomic E-state index is 13.1. The van der Waals surface area contributed by atoms with Crippen LogP contribution in [0.3, 0.4) is 0 Å². The Hall–Kier alpha value is -4.59. The van der Waals surface area contributed by atoms with E-state index < -0.39 is 0 Å². The molecule has 7 nitrogen and oxygen atoms in total. The number of nitrogens with zero attached hydrogens (tertiary/aromatic N) is 4. The van der Waals surface area contributed by atoms with E-state index in [1.54, 1.807) is 0 Å². The largest absolute Gasteiger partial charge is 0.324 e. The van der Waals surface area contributed by atoms with E-state index in [4.69, 9.17) is 9.97 Å². The highest BCUT2D eigenvalue weighted by atomic mass is 16.1. The van der Waals surface area contributed by atoms with E-state index >= 15 is 0 Å². The Morgan fingerprint density at radius 3 is 2.34 bits per heavy atom. The zero-order valence-electron chi connectivity index (χ0n) is 23.5. The lowest BCUT2D eigenvalue weighted by molar-refractivity contribution is 0.102. The van der Waals surface area contributed by atoms with Crippen molar-refractivity contribution in [2.45, 2.75) is 13.5 Å². The number of carbonyl (C=O) groups excluding carboxylic acids is 1. The maximum atomic E-state index is 13.1. The molecule has 6 rings (SSSR count). The topological polar surface area (TPSA) is 73.4 Å². The maximum Gasteiger partial charge on any atom is 0.255 e. The summed E-state index contributed by atoms with van der Waals surface area (Å²) >= 11 is 0. The van der Waals surface area contributed by atoms with Crippen molar-refractivity contribution in [2.24, 2.45) is 0 Å². The summed E-state index contributed by atoms with van der Waals surface area (Å²) in [6.07, 6.45) is 0. The van der Waals surface area contributed by atoms with E-state index in [1.807, 2.05) is 73.7 Å². The van der Waals surface area contributed by atoms with Crippen molar-refractivity contribution in [1.29, 1.82) is 0 Å². The second-order valence-electron chi connectivity index (χ2n) is 10.7. The standard InChI is InChI=1S/C34H34N6O/c1-24-12-13-25(23-40-20-18-39(2)19-21-40)22-31(24)36-33(41)27-14-16-28(17-15-27)35-34-37-30-11-7-6-10-29(30)32(38-34)26-8-4-3-5-9-26/h3-17,22H,18-21,23H2,1-2H3,(H,36,41)(H,35,37,38). The summed E-state index contributed by atoms with van der Waals surface area (Å²) in [5.74, 6) is 0.372. The van der Waals surface area contributed by atoms with Gasteiger partial charge in [0, 0.05) is 60.6 Å². The van der Waals surface area contributed by atoms with Crippen molar-refractivity contribution in [3.05, 3.63) is 114 Å². The van der Waals surface area contributed by atoms with Crippen molar-refractivity contribution >= 4 is 34.1 Å². The van der Waals surface area contributed by atoms with Crippen LogP contribution in [0.5, 0.6) is 0 Å². The SMILES string of the molecule is Cc1ccc(CN2CCN(C)CC2)cc1NC(=O)c1ccc(Nc2nc(-c3ccccc3)c3ccccc3n2)cc1. The van der Waals surface area contributed by atoms with Crippen LogP contribution in [0.1, 0.15) is 21.5 Å². The van der Waals surface area contributed by atoms with Crippen molar-refractivity contribution in [2.75, 3.05) is 43.9 Å². The second-order valence-corrected chi connectivity index (χ2v) is 10.7. The monoisotopic (exact) mass is 542 g/mol. The number of hydrogen-bond donors (Lipinski definition) is 2. The third-order valence-corrected chi connectivity index (χ3v) is 7.61. The average Bonchev–Trinajstić information content (AvgIpc) is 3.00. The molecule has 41 heavy (non-hydrogen) atoms. The van der Waals surface area contributed by atoms with Gasteiger partial charge in [-0.05, 0) is 61.5 Å². The van der Waals surface area contributed by atoms with E-state index in [0.29, 0.717) is 11.5 Å². The number of carbonyl (C=O) groups is 1. The van der Waals surface area contributed by atoms with Gasteiger partial charge in [-0.3, -0.25) is 9.69 Å². The molecule has 0 bridgehead atoms. The van der Waals surface area contributed by atoms with Gasteiger partial charge in [-0.25, -0.2) is 9.97 Å². The second kappa shape index (κ2) is 11.9. The summed E-state index contributed by atoms with van der Waals surface area (Å²) in [6, 6.07) is 31.9. The van der Waals surface area contributed by atoms with Gasteiger partial charge in [-0.2, -0.15) is 0 Å². The molecule has 2 N–H and O–H groups in total. The van der Waals surface area contributed by atoms with Crippen LogP contribution in [0.4, 0.5) is 17.3 Å². The van der Waals surface area contributed by atoms with Gasteiger partial charge in [0.2, 0.25) is 5.95 Å². The Morgan fingerprint density at radius 1 is 0.829 bits per heavy atom. The molecule has 0 atom stereocenters. The molecule has 1 fully saturated rings. The van der Waals surface area contributed by atoms with Crippen LogP contribution in [0.25, 0.3) is 22.2 Å². The third-order valence-electron chi connectivity index (χ3n) is 7.61. The molecule has 1 aliphatic heterocycles. The Morgan fingerprint density at radius 2 is 1.56 bits per heavy atom. The molecule has 1 aliphatic rings. The zero-order valence-corrected chi connectivity index (χ0v) is 23.5. The first-order valence-electron chi connectivity index (χ1n) is 14.0. The predicted molar refractivity (Wildman–Crippen MR) is 167 cm³/mol. The van der Waals surface area contributed by atoms with E-state index in [2.05, 4.69) is 57.8 Å². The quantitative estimate of drug-likeness (QED) is 0.250. The molecule has 0 aliphatic carbocycles. The number of likely N-dealkylation sites (N-methyl/N-ethyl adjacent to an activating group) is 1. The Labute approximate surface area is 240 Å². The molecule has 7 heteroatoms. The third kappa shape index (κ3) is 6.27. The lowest BCUT2D eigenvalue weighted by atomic mass is 10.1. The van der Waals surface area contributed by atoms with Gasteiger partial charge < -0.3 is 15.5 Å². The summed E-state index contributed by atoms with van der Waals surface area (Å²) in [5.41, 5.74) is 7.27. The number of para-hydroxylation sites is 1. The highest BCUT2D eigenvalue weighted by molar-refractivity contribution is 6.05. The number of aryl methyl sites for hydroxylation is 1.